The van der Waals surface area contributed by atoms with Gasteiger partial charge in [0.15, 0.2) is 9.84 Å². The number of nitrogens with one attached hydrogen (secondary N) is 1. The van der Waals surface area contributed by atoms with Gasteiger partial charge in [-0.25, -0.2) is 13.4 Å². The number of benzene rings is 1. The lowest BCUT2D eigenvalue weighted by atomic mass is 10.2. The Morgan fingerprint density at radius 1 is 1.17 bits per heavy atom. The van der Waals surface area contributed by atoms with Gasteiger partial charge in [-0.15, -0.1) is 0 Å². The number of sulfone groups is 1. The average molecular weight is 346 g/mol. The lowest BCUT2D eigenvalue weighted by Gasteiger charge is -2.19. The van der Waals surface area contributed by atoms with Crippen LogP contribution in [0.1, 0.15) is 24.8 Å². The third-order valence-electron chi connectivity index (χ3n) is 4.33. The number of aromatic nitrogens is 1. The van der Waals surface area contributed by atoms with E-state index < -0.39 is 9.84 Å². The molecule has 24 heavy (non-hydrogen) atoms. The largest absolute Gasteiger partial charge is 0.439 e. The number of nitrogens with zero attached hydrogens (tertiary/aromatic N) is 1. The SMILES string of the molecule is CS(=O)(=O)[C@@H]1CCC[C@H]1NCc1ccc(Oc2ccccc2)nc1. The van der Waals surface area contributed by atoms with Gasteiger partial charge in [0.05, 0.1) is 5.25 Å². The van der Waals surface area contributed by atoms with Crippen molar-refractivity contribution in [3.05, 3.63) is 54.2 Å². The molecule has 1 fully saturated rings. The molecule has 0 saturated heterocycles. The fourth-order valence-corrected chi connectivity index (χ4v) is 4.53. The minimum absolute atomic E-state index is 0.0280. The van der Waals surface area contributed by atoms with Gasteiger partial charge in [-0.2, -0.15) is 0 Å². The molecule has 5 nitrogen and oxygen atoms in total. The monoisotopic (exact) mass is 346 g/mol. The second-order valence-corrected chi connectivity index (χ2v) is 8.47. The van der Waals surface area contributed by atoms with E-state index in [0.717, 1.165) is 30.6 Å². The molecule has 0 bridgehead atoms. The Balaban J connectivity index is 1.57. The van der Waals surface area contributed by atoms with Crippen molar-refractivity contribution in [1.29, 1.82) is 0 Å². The van der Waals surface area contributed by atoms with Crippen LogP contribution in [-0.4, -0.2) is 30.9 Å². The van der Waals surface area contributed by atoms with Crippen molar-refractivity contribution in [1.82, 2.24) is 10.3 Å². The Labute approximate surface area is 143 Å². The smallest absolute Gasteiger partial charge is 0.219 e. The highest BCUT2D eigenvalue weighted by molar-refractivity contribution is 7.91. The van der Waals surface area contributed by atoms with E-state index >= 15 is 0 Å². The summed E-state index contributed by atoms with van der Waals surface area (Å²) in [5.41, 5.74) is 1.01. The van der Waals surface area contributed by atoms with E-state index in [1.807, 2.05) is 42.5 Å². The van der Waals surface area contributed by atoms with Crippen LogP contribution in [0.2, 0.25) is 0 Å². The van der Waals surface area contributed by atoms with Crippen molar-refractivity contribution in [2.75, 3.05) is 6.26 Å². The normalized spacial score (nSPS) is 20.9. The molecule has 2 aromatic rings. The van der Waals surface area contributed by atoms with Crippen LogP contribution in [0.4, 0.5) is 0 Å². The summed E-state index contributed by atoms with van der Waals surface area (Å²) in [6.45, 7) is 0.606. The maximum Gasteiger partial charge on any atom is 0.219 e. The molecule has 1 saturated carbocycles. The molecule has 1 heterocycles. The Kier molecular flexibility index (Phi) is 5.16. The van der Waals surface area contributed by atoms with Gasteiger partial charge in [0.1, 0.15) is 5.75 Å². The van der Waals surface area contributed by atoms with Crippen molar-refractivity contribution in [2.24, 2.45) is 0 Å². The van der Waals surface area contributed by atoms with Crippen molar-refractivity contribution >= 4 is 9.84 Å². The molecule has 1 aliphatic rings. The highest BCUT2D eigenvalue weighted by Crippen LogP contribution is 2.25. The Morgan fingerprint density at radius 3 is 2.62 bits per heavy atom. The highest BCUT2D eigenvalue weighted by atomic mass is 32.2. The maximum atomic E-state index is 11.8. The second kappa shape index (κ2) is 7.32. The van der Waals surface area contributed by atoms with Crippen LogP contribution in [-0.2, 0) is 16.4 Å². The summed E-state index contributed by atoms with van der Waals surface area (Å²) in [5, 5.41) is 3.09. The number of pyridine rings is 1. The van der Waals surface area contributed by atoms with Gasteiger partial charge >= 0.3 is 0 Å². The topological polar surface area (TPSA) is 68.3 Å². The summed E-state index contributed by atoms with van der Waals surface area (Å²) < 4.78 is 29.3. The summed E-state index contributed by atoms with van der Waals surface area (Å²) >= 11 is 0. The molecule has 1 aliphatic carbocycles. The van der Waals surface area contributed by atoms with E-state index in [0.29, 0.717) is 12.4 Å². The van der Waals surface area contributed by atoms with Crippen LogP contribution in [0.5, 0.6) is 11.6 Å². The van der Waals surface area contributed by atoms with E-state index in [-0.39, 0.29) is 11.3 Å². The number of ether oxygens (including phenoxy) is 1. The number of hydrogen-bond donors (Lipinski definition) is 1. The van der Waals surface area contributed by atoms with Gasteiger partial charge in [0.2, 0.25) is 5.88 Å². The molecule has 3 rings (SSSR count). The molecule has 1 aromatic carbocycles. The van der Waals surface area contributed by atoms with Crippen molar-refractivity contribution < 1.29 is 13.2 Å². The standard InChI is InChI=1S/C18H22N2O3S/c1-24(21,22)17-9-5-8-16(17)19-12-14-10-11-18(20-13-14)23-15-6-3-2-4-7-15/h2-4,6-7,10-11,13,16-17,19H,5,8-9,12H2,1H3/t16-,17-/m1/s1. The summed E-state index contributed by atoms with van der Waals surface area (Å²) in [5.74, 6) is 1.29. The molecule has 1 aromatic heterocycles. The zero-order valence-corrected chi connectivity index (χ0v) is 14.5. The predicted molar refractivity (Wildman–Crippen MR) is 93.9 cm³/mol. The van der Waals surface area contributed by atoms with E-state index in [1.165, 1.54) is 6.26 Å². The van der Waals surface area contributed by atoms with Crippen LogP contribution in [0, 0.1) is 0 Å². The Hall–Kier alpha value is -1.92. The van der Waals surface area contributed by atoms with Crippen LogP contribution in [0.15, 0.2) is 48.7 Å². The zero-order chi connectivity index (χ0) is 17.0. The molecule has 6 heteroatoms. The molecule has 0 radical (unpaired) electrons. The third-order valence-corrected chi connectivity index (χ3v) is 6.00. The van der Waals surface area contributed by atoms with Gasteiger partial charge in [0, 0.05) is 31.1 Å². The van der Waals surface area contributed by atoms with Crippen molar-refractivity contribution in [2.45, 2.75) is 37.1 Å². The summed E-state index contributed by atoms with van der Waals surface area (Å²) in [6.07, 6.45) is 5.70. The Bertz CT molecular complexity index is 761. The first-order chi connectivity index (χ1) is 11.5. The van der Waals surface area contributed by atoms with Crippen LogP contribution in [0.25, 0.3) is 0 Å². The number of para-hydroxylation sites is 1. The molecule has 128 valence electrons. The number of rotatable bonds is 6. The van der Waals surface area contributed by atoms with Crippen LogP contribution in [0.3, 0.4) is 0 Å². The van der Waals surface area contributed by atoms with Crippen molar-refractivity contribution in [3.8, 4) is 11.6 Å². The fraction of sp³-hybridized carbons (Fsp3) is 0.389. The van der Waals surface area contributed by atoms with Gasteiger partial charge in [-0.05, 0) is 30.5 Å². The summed E-state index contributed by atoms with van der Waals surface area (Å²) in [6, 6.07) is 13.3. The lowest BCUT2D eigenvalue weighted by molar-refractivity contribution is 0.461. The van der Waals surface area contributed by atoms with Gasteiger partial charge < -0.3 is 10.1 Å². The molecule has 0 aliphatic heterocycles. The van der Waals surface area contributed by atoms with E-state index in [1.54, 1.807) is 6.20 Å². The van der Waals surface area contributed by atoms with E-state index in [9.17, 15) is 8.42 Å². The summed E-state index contributed by atoms with van der Waals surface area (Å²) in [7, 11) is -3.00. The Morgan fingerprint density at radius 2 is 1.96 bits per heavy atom. The predicted octanol–water partition coefficient (Wildman–Crippen LogP) is 2.93. The lowest BCUT2D eigenvalue weighted by Crippen LogP contribution is -2.39. The van der Waals surface area contributed by atoms with E-state index in [2.05, 4.69) is 10.3 Å². The molecular formula is C18H22N2O3S. The molecule has 2 atom stereocenters. The van der Waals surface area contributed by atoms with Crippen LogP contribution < -0.4 is 10.1 Å². The molecule has 0 spiro atoms. The zero-order valence-electron chi connectivity index (χ0n) is 13.7. The van der Waals surface area contributed by atoms with Gasteiger partial charge in [-0.1, -0.05) is 30.7 Å². The first kappa shape index (κ1) is 16.9. The first-order valence-electron chi connectivity index (χ1n) is 8.12. The second-order valence-electron chi connectivity index (χ2n) is 6.21. The molecular weight excluding hydrogens is 324 g/mol. The van der Waals surface area contributed by atoms with E-state index in [4.69, 9.17) is 4.74 Å². The maximum absolute atomic E-state index is 11.8. The van der Waals surface area contributed by atoms with Gasteiger partial charge in [0.25, 0.3) is 0 Å². The fourth-order valence-electron chi connectivity index (χ4n) is 3.11. The third kappa shape index (κ3) is 4.33. The van der Waals surface area contributed by atoms with Crippen LogP contribution >= 0.6 is 0 Å². The number of hydrogen-bond acceptors (Lipinski definition) is 5. The minimum atomic E-state index is -3.00. The molecule has 0 unspecified atom stereocenters. The first-order valence-corrected chi connectivity index (χ1v) is 10.1. The van der Waals surface area contributed by atoms with Crippen molar-refractivity contribution in [3.63, 3.8) is 0 Å². The minimum Gasteiger partial charge on any atom is -0.439 e. The van der Waals surface area contributed by atoms with Gasteiger partial charge in [-0.3, -0.25) is 0 Å². The summed E-state index contributed by atoms with van der Waals surface area (Å²) in [4.78, 5) is 4.31. The average Bonchev–Trinajstić information content (AvgIpc) is 3.04. The molecule has 0 amide bonds. The molecule has 1 N–H and O–H groups in total. The quantitative estimate of drug-likeness (QED) is 0.871. The highest BCUT2D eigenvalue weighted by Gasteiger charge is 2.34.